The number of ketones is 1. The molecule has 0 N–H and O–H groups in total. The lowest BCUT2D eigenvalue weighted by Crippen LogP contribution is -1.90. The standard InChI is InChI=1S/C12H12OS/c1-9-5-7-10(8-6-9)14-12-4-2-3-11(12)13/h4-8H,2-3H2,1H3. The molecular weight excluding hydrogens is 192 g/mol. The summed E-state index contributed by atoms with van der Waals surface area (Å²) in [6, 6.07) is 8.27. The molecular formula is C12H12OS. The Morgan fingerprint density at radius 3 is 2.50 bits per heavy atom. The molecule has 0 radical (unpaired) electrons. The number of allylic oxidation sites excluding steroid dienone is 2. The molecule has 0 saturated heterocycles. The van der Waals surface area contributed by atoms with Crippen LogP contribution in [0.4, 0.5) is 0 Å². The van der Waals surface area contributed by atoms with Crippen LogP contribution >= 0.6 is 11.8 Å². The number of hydrogen-bond acceptors (Lipinski definition) is 2. The van der Waals surface area contributed by atoms with Gasteiger partial charge in [0.05, 0.1) is 4.91 Å². The van der Waals surface area contributed by atoms with E-state index in [2.05, 4.69) is 31.2 Å². The molecule has 0 bridgehead atoms. The molecule has 0 fully saturated rings. The second-order valence-corrected chi connectivity index (χ2v) is 4.56. The van der Waals surface area contributed by atoms with Gasteiger partial charge in [0.2, 0.25) is 0 Å². The van der Waals surface area contributed by atoms with Crippen molar-refractivity contribution in [3.05, 3.63) is 40.8 Å². The minimum atomic E-state index is 0.288. The van der Waals surface area contributed by atoms with E-state index in [-0.39, 0.29) is 5.78 Å². The topological polar surface area (TPSA) is 17.1 Å². The minimum absolute atomic E-state index is 0.288. The molecule has 2 heteroatoms. The second-order valence-electron chi connectivity index (χ2n) is 3.45. The van der Waals surface area contributed by atoms with Crippen molar-refractivity contribution < 1.29 is 4.79 Å². The fourth-order valence-corrected chi connectivity index (χ4v) is 2.35. The Hall–Kier alpha value is -1.02. The molecule has 0 spiro atoms. The van der Waals surface area contributed by atoms with Crippen LogP contribution in [0.3, 0.4) is 0 Å². The van der Waals surface area contributed by atoms with E-state index in [0.717, 1.165) is 16.2 Å². The molecule has 0 aliphatic heterocycles. The lowest BCUT2D eigenvalue weighted by Gasteiger charge is -2.01. The van der Waals surface area contributed by atoms with Crippen LogP contribution < -0.4 is 0 Å². The zero-order chi connectivity index (χ0) is 9.97. The van der Waals surface area contributed by atoms with Crippen molar-refractivity contribution in [2.75, 3.05) is 0 Å². The summed E-state index contributed by atoms with van der Waals surface area (Å²) in [6.07, 6.45) is 3.63. The predicted molar refractivity (Wildman–Crippen MR) is 59.4 cm³/mol. The van der Waals surface area contributed by atoms with Gasteiger partial charge in [-0.1, -0.05) is 35.5 Å². The molecule has 0 heterocycles. The largest absolute Gasteiger partial charge is 0.294 e. The number of carbonyl (C=O) groups is 1. The molecule has 0 unspecified atom stereocenters. The van der Waals surface area contributed by atoms with E-state index in [9.17, 15) is 4.79 Å². The summed E-state index contributed by atoms with van der Waals surface area (Å²) in [4.78, 5) is 13.4. The van der Waals surface area contributed by atoms with Gasteiger partial charge in [0.15, 0.2) is 5.78 Å². The van der Waals surface area contributed by atoms with Gasteiger partial charge in [-0.3, -0.25) is 4.79 Å². The van der Waals surface area contributed by atoms with Crippen LogP contribution in [0.1, 0.15) is 18.4 Å². The molecule has 1 aromatic rings. The first-order valence-electron chi connectivity index (χ1n) is 4.73. The molecule has 1 nitrogen and oxygen atoms in total. The van der Waals surface area contributed by atoms with Crippen molar-refractivity contribution in [2.45, 2.75) is 24.7 Å². The molecule has 0 aromatic heterocycles. The van der Waals surface area contributed by atoms with Crippen molar-refractivity contribution in [1.29, 1.82) is 0 Å². The number of aryl methyl sites for hydroxylation is 1. The zero-order valence-electron chi connectivity index (χ0n) is 8.12. The van der Waals surface area contributed by atoms with E-state index in [1.165, 1.54) is 5.56 Å². The number of hydrogen-bond donors (Lipinski definition) is 0. The van der Waals surface area contributed by atoms with E-state index in [0.29, 0.717) is 6.42 Å². The maximum atomic E-state index is 11.4. The fourth-order valence-electron chi connectivity index (χ4n) is 1.40. The Bertz CT molecular complexity index is 376. The normalized spacial score (nSPS) is 15.8. The van der Waals surface area contributed by atoms with E-state index in [4.69, 9.17) is 0 Å². The highest BCUT2D eigenvalue weighted by Gasteiger charge is 2.15. The van der Waals surface area contributed by atoms with Crippen LogP contribution in [0, 0.1) is 6.92 Å². The van der Waals surface area contributed by atoms with Crippen LogP contribution in [-0.4, -0.2) is 5.78 Å². The Kier molecular flexibility index (Phi) is 2.73. The summed E-state index contributed by atoms with van der Waals surface area (Å²) < 4.78 is 0. The van der Waals surface area contributed by atoms with Crippen molar-refractivity contribution in [3.8, 4) is 0 Å². The van der Waals surface area contributed by atoms with Gasteiger partial charge in [-0.15, -0.1) is 0 Å². The summed E-state index contributed by atoms with van der Waals surface area (Å²) >= 11 is 1.58. The third-order valence-corrected chi connectivity index (χ3v) is 3.35. The number of thioether (sulfide) groups is 1. The lowest BCUT2D eigenvalue weighted by molar-refractivity contribution is -0.114. The summed E-state index contributed by atoms with van der Waals surface area (Å²) in [5.74, 6) is 0.288. The maximum Gasteiger partial charge on any atom is 0.169 e. The average molecular weight is 204 g/mol. The number of benzene rings is 1. The fraction of sp³-hybridized carbons (Fsp3) is 0.250. The van der Waals surface area contributed by atoms with Gasteiger partial charge in [0, 0.05) is 11.3 Å². The van der Waals surface area contributed by atoms with Gasteiger partial charge in [0.1, 0.15) is 0 Å². The first-order valence-corrected chi connectivity index (χ1v) is 5.55. The van der Waals surface area contributed by atoms with E-state index < -0.39 is 0 Å². The van der Waals surface area contributed by atoms with E-state index in [1.807, 2.05) is 6.08 Å². The Morgan fingerprint density at radius 2 is 1.93 bits per heavy atom. The van der Waals surface area contributed by atoms with Crippen LogP contribution in [0.5, 0.6) is 0 Å². The molecule has 1 aliphatic carbocycles. The number of rotatable bonds is 2. The minimum Gasteiger partial charge on any atom is -0.294 e. The van der Waals surface area contributed by atoms with E-state index >= 15 is 0 Å². The molecule has 1 aromatic carbocycles. The Labute approximate surface area is 88.2 Å². The van der Waals surface area contributed by atoms with E-state index in [1.54, 1.807) is 11.8 Å². The number of Topliss-reactive ketones (excluding diaryl/α,β-unsaturated/α-hetero) is 1. The molecule has 72 valence electrons. The Morgan fingerprint density at radius 1 is 1.21 bits per heavy atom. The highest BCUT2D eigenvalue weighted by atomic mass is 32.2. The zero-order valence-corrected chi connectivity index (χ0v) is 8.93. The van der Waals surface area contributed by atoms with Gasteiger partial charge in [-0.2, -0.15) is 0 Å². The quantitative estimate of drug-likeness (QED) is 0.735. The van der Waals surface area contributed by atoms with Crippen LogP contribution in [0.2, 0.25) is 0 Å². The SMILES string of the molecule is Cc1ccc(SC2=CCCC2=O)cc1. The summed E-state index contributed by atoms with van der Waals surface area (Å²) in [6.45, 7) is 2.06. The van der Waals surface area contributed by atoms with Crippen molar-refractivity contribution in [3.63, 3.8) is 0 Å². The molecule has 1 aliphatic rings. The first-order chi connectivity index (χ1) is 6.75. The molecule has 0 saturated carbocycles. The third kappa shape index (κ3) is 2.07. The van der Waals surface area contributed by atoms with Gasteiger partial charge in [-0.25, -0.2) is 0 Å². The monoisotopic (exact) mass is 204 g/mol. The summed E-state index contributed by atoms with van der Waals surface area (Å²) in [7, 11) is 0. The summed E-state index contributed by atoms with van der Waals surface area (Å²) in [5, 5.41) is 0. The molecule has 14 heavy (non-hydrogen) atoms. The van der Waals surface area contributed by atoms with Gasteiger partial charge < -0.3 is 0 Å². The maximum absolute atomic E-state index is 11.4. The Balaban J connectivity index is 2.11. The van der Waals surface area contributed by atoms with Gasteiger partial charge in [0.25, 0.3) is 0 Å². The van der Waals surface area contributed by atoms with Crippen molar-refractivity contribution in [1.82, 2.24) is 0 Å². The van der Waals surface area contributed by atoms with Gasteiger partial charge in [-0.05, 0) is 25.5 Å². The molecule has 2 rings (SSSR count). The van der Waals surface area contributed by atoms with Gasteiger partial charge >= 0.3 is 0 Å². The predicted octanol–water partition coefficient (Wildman–Crippen LogP) is 3.33. The number of carbonyl (C=O) groups excluding carboxylic acids is 1. The highest BCUT2D eigenvalue weighted by Crippen LogP contribution is 2.31. The van der Waals surface area contributed by atoms with Crippen LogP contribution in [-0.2, 0) is 4.79 Å². The smallest absolute Gasteiger partial charge is 0.169 e. The summed E-state index contributed by atoms with van der Waals surface area (Å²) in [5.41, 5.74) is 1.25. The van der Waals surface area contributed by atoms with Crippen LogP contribution in [0.25, 0.3) is 0 Å². The third-order valence-electron chi connectivity index (χ3n) is 2.22. The van der Waals surface area contributed by atoms with Crippen molar-refractivity contribution in [2.24, 2.45) is 0 Å². The van der Waals surface area contributed by atoms with Crippen molar-refractivity contribution >= 4 is 17.5 Å². The highest BCUT2D eigenvalue weighted by molar-refractivity contribution is 8.04. The first kappa shape index (κ1) is 9.53. The molecule has 0 atom stereocenters. The molecule has 0 amide bonds. The average Bonchev–Trinajstić information content (AvgIpc) is 2.56. The lowest BCUT2D eigenvalue weighted by atomic mass is 10.2. The second kappa shape index (κ2) is 4.01. The van der Waals surface area contributed by atoms with Crippen LogP contribution in [0.15, 0.2) is 40.1 Å².